The summed E-state index contributed by atoms with van der Waals surface area (Å²) >= 11 is 0. The van der Waals surface area contributed by atoms with Gasteiger partial charge in [0.15, 0.2) is 0 Å². The minimum Gasteiger partial charge on any atom is -0.478 e. The lowest BCUT2D eigenvalue weighted by Crippen LogP contribution is -2.40. The van der Waals surface area contributed by atoms with Crippen LogP contribution in [0.3, 0.4) is 0 Å². The summed E-state index contributed by atoms with van der Waals surface area (Å²) in [5.41, 5.74) is 7.82. The van der Waals surface area contributed by atoms with Gasteiger partial charge < -0.3 is 20.6 Å². The Hall–Kier alpha value is -1.75. The van der Waals surface area contributed by atoms with Gasteiger partial charge in [-0.2, -0.15) is 0 Å². The standard InChI is InChI=1S/C15H23N3O2/c1-3-12-10-17(2)7-4-8-18(12)14-6-5-11(15(19)20)9-13(14)16/h5-6,9,12H,3-4,7-8,10,16H2,1-2H3,(H,19,20). The highest BCUT2D eigenvalue weighted by atomic mass is 16.4. The van der Waals surface area contributed by atoms with E-state index in [-0.39, 0.29) is 5.56 Å². The van der Waals surface area contributed by atoms with E-state index in [2.05, 4.69) is 23.8 Å². The average molecular weight is 277 g/mol. The zero-order chi connectivity index (χ0) is 14.7. The fourth-order valence-electron chi connectivity index (χ4n) is 2.86. The minimum absolute atomic E-state index is 0.242. The van der Waals surface area contributed by atoms with Gasteiger partial charge in [0, 0.05) is 19.1 Å². The van der Waals surface area contributed by atoms with Gasteiger partial charge in [0.1, 0.15) is 0 Å². The van der Waals surface area contributed by atoms with Gasteiger partial charge in [-0.15, -0.1) is 0 Å². The van der Waals surface area contributed by atoms with Gasteiger partial charge in [-0.1, -0.05) is 6.92 Å². The summed E-state index contributed by atoms with van der Waals surface area (Å²) in [6, 6.07) is 5.45. The molecule has 0 spiro atoms. The highest BCUT2D eigenvalue weighted by Crippen LogP contribution is 2.28. The van der Waals surface area contributed by atoms with Crippen molar-refractivity contribution in [3.05, 3.63) is 23.8 Å². The Morgan fingerprint density at radius 3 is 2.80 bits per heavy atom. The summed E-state index contributed by atoms with van der Waals surface area (Å²) in [4.78, 5) is 15.7. The molecule has 1 aromatic carbocycles. The SMILES string of the molecule is CCC1CN(C)CCCN1c1ccc(C(=O)O)cc1N. The smallest absolute Gasteiger partial charge is 0.335 e. The van der Waals surface area contributed by atoms with Crippen molar-refractivity contribution in [2.75, 3.05) is 37.3 Å². The highest BCUT2D eigenvalue weighted by molar-refractivity contribution is 5.90. The lowest BCUT2D eigenvalue weighted by Gasteiger charge is -2.33. The molecule has 0 radical (unpaired) electrons. The Balaban J connectivity index is 2.30. The van der Waals surface area contributed by atoms with E-state index in [9.17, 15) is 4.79 Å². The first-order valence-electron chi connectivity index (χ1n) is 7.11. The van der Waals surface area contributed by atoms with Crippen molar-refractivity contribution >= 4 is 17.3 Å². The zero-order valence-corrected chi connectivity index (χ0v) is 12.2. The summed E-state index contributed by atoms with van der Waals surface area (Å²) in [5, 5.41) is 9.01. The maximum Gasteiger partial charge on any atom is 0.335 e. The molecule has 5 nitrogen and oxygen atoms in total. The Kier molecular flexibility index (Phi) is 4.49. The Labute approximate surface area is 120 Å². The molecule has 0 aromatic heterocycles. The van der Waals surface area contributed by atoms with Crippen molar-refractivity contribution in [1.29, 1.82) is 0 Å². The van der Waals surface area contributed by atoms with Gasteiger partial charge in [0.25, 0.3) is 0 Å². The number of aromatic carboxylic acids is 1. The molecule has 0 saturated carbocycles. The molecule has 1 heterocycles. The molecule has 5 heteroatoms. The van der Waals surface area contributed by atoms with Crippen molar-refractivity contribution < 1.29 is 9.90 Å². The molecule has 1 saturated heterocycles. The van der Waals surface area contributed by atoms with Crippen LogP contribution < -0.4 is 10.6 Å². The van der Waals surface area contributed by atoms with E-state index >= 15 is 0 Å². The molecular formula is C15H23N3O2. The summed E-state index contributed by atoms with van der Waals surface area (Å²) in [6.07, 6.45) is 2.14. The molecule has 0 aliphatic carbocycles. The normalized spacial score (nSPS) is 20.7. The number of anilines is 2. The monoisotopic (exact) mass is 277 g/mol. The van der Waals surface area contributed by atoms with Gasteiger partial charge in [0.2, 0.25) is 0 Å². The van der Waals surface area contributed by atoms with Crippen LogP contribution in [0.15, 0.2) is 18.2 Å². The molecule has 20 heavy (non-hydrogen) atoms. The van der Waals surface area contributed by atoms with Gasteiger partial charge in [-0.3, -0.25) is 0 Å². The van der Waals surface area contributed by atoms with Crippen LogP contribution in [0.2, 0.25) is 0 Å². The molecule has 1 aromatic rings. The fourth-order valence-corrected chi connectivity index (χ4v) is 2.86. The number of rotatable bonds is 3. The topological polar surface area (TPSA) is 69.8 Å². The minimum atomic E-state index is -0.939. The van der Waals surface area contributed by atoms with Gasteiger partial charge >= 0.3 is 5.97 Å². The van der Waals surface area contributed by atoms with E-state index in [1.807, 2.05) is 6.07 Å². The molecule has 1 fully saturated rings. The first-order valence-corrected chi connectivity index (χ1v) is 7.11. The average Bonchev–Trinajstić information content (AvgIpc) is 2.60. The second-order valence-electron chi connectivity index (χ2n) is 5.45. The number of benzene rings is 1. The lowest BCUT2D eigenvalue weighted by atomic mass is 10.1. The molecule has 1 aliphatic rings. The number of carboxylic acids is 1. The van der Waals surface area contributed by atoms with Crippen LogP contribution in [0.4, 0.5) is 11.4 Å². The largest absolute Gasteiger partial charge is 0.478 e. The highest BCUT2D eigenvalue weighted by Gasteiger charge is 2.23. The van der Waals surface area contributed by atoms with Crippen LogP contribution in [0.25, 0.3) is 0 Å². The molecular weight excluding hydrogens is 254 g/mol. The van der Waals surface area contributed by atoms with Crippen LogP contribution in [0.1, 0.15) is 30.1 Å². The summed E-state index contributed by atoms with van der Waals surface area (Å²) in [5.74, 6) is -0.939. The summed E-state index contributed by atoms with van der Waals surface area (Å²) < 4.78 is 0. The van der Waals surface area contributed by atoms with E-state index in [1.54, 1.807) is 12.1 Å². The van der Waals surface area contributed by atoms with Crippen LogP contribution >= 0.6 is 0 Å². The molecule has 0 bridgehead atoms. The maximum atomic E-state index is 11.0. The van der Waals surface area contributed by atoms with Crippen molar-refractivity contribution in [3.63, 3.8) is 0 Å². The number of hydrogen-bond acceptors (Lipinski definition) is 4. The third kappa shape index (κ3) is 3.04. The Bertz CT molecular complexity index is 490. The second-order valence-corrected chi connectivity index (χ2v) is 5.45. The maximum absolute atomic E-state index is 11.0. The zero-order valence-electron chi connectivity index (χ0n) is 12.2. The van der Waals surface area contributed by atoms with E-state index in [0.29, 0.717) is 11.7 Å². The predicted molar refractivity (Wildman–Crippen MR) is 81.4 cm³/mol. The van der Waals surface area contributed by atoms with E-state index in [4.69, 9.17) is 10.8 Å². The lowest BCUT2D eigenvalue weighted by molar-refractivity contribution is 0.0697. The number of nitrogens with two attached hydrogens (primary N) is 1. The summed E-state index contributed by atoms with van der Waals surface area (Å²) in [7, 11) is 2.14. The van der Waals surface area contributed by atoms with E-state index < -0.39 is 5.97 Å². The number of nitrogen functional groups attached to an aromatic ring is 1. The Morgan fingerprint density at radius 1 is 1.45 bits per heavy atom. The number of hydrogen-bond donors (Lipinski definition) is 2. The van der Waals surface area contributed by atoms with Gasteiger partial charge in [0.05, 0.1) is 16.9 Å². The number of likely N-dealkylation sites (N-methyl/N-ethyl adjacent to an activating group) is 1. The molecule has 110 valence electrons. The third-order valence-corrected chi connectivity index (χ3v) is 3.96. The van der Waals surface area contributed by atoms with E-state index in [1.165, 1.54) is 0 Å². The van der Waals surface area contributed by atoms with Gasteiger partial charge in [-0.25, -0.2) is 4.79 Å². The molecule has 1 atom stereocenters. The van der Waals surface area contributed by atoms with Crippen LogP contribution in [-0.4, -0.2) is 48.7 Å². The molecule has 1 unspecified atom stereocenters. The quantitative estimate of drug-likeness (QED) is 0.826. The fraction of sp³-hybridized carbons (Fsp3) is 0.533. The first kappa shape index (κ1) is 14.7. The van der Waals surface area contributed by atoms with Gasteiger partial charge in [-0.05, 0) is 44.6 Å². The first-order chi connectivity index (χ1) is 9.52. The number of carbonyl (C=O) groups is 1. The van der Waals surface area contributed by atoms with Crippen molar-refractivity contribution in [3.8, 4) is 0 Å². The number of nitrogens with zero attached hydrogens (tertiary/aromatic N) is 2. The molecule has 1 aliphatic heterocycles. The molecule has 2 rings (SSSR count). The third-order valence-electron chi connectivity index (χ3n) is 3.96. The van der Waals surface area contributed by atoms with E-state index in [0.717, 1.165) is 38.2 Å². The van der Waals surface area contributed by atoms with Crippen LogP contribution in [0, 0.1) is 0 Å². The van der Waals surface area contributed by atoms with Crippen LogP contribution in [-0.2, 0) is 0 Å². The Morgan fingerprint density at radius 2 is 2.20 bits per heavy atom. The predicted octanol–water partition coefficient (Wildman–Crippen LogP) is 1.89. The second kappa shape index (κ2) is 6.13. The molecule has 3 N–H and O–H groups in total. The summed E-state index contributed by atoms with van der Waals surface area (Å²) in [6.45, 7) is 5.23. The van der Waals surface area contributed by atoms with Crippen LogP contribution in [0.5, 0.6) is 0 Å². The van der Waals surface area contributed by atoms with Crippen molar-refractivity contribution in [2.24, 2.45) is 0 Å². The van der Waals surface area contributed by atoms with Crippen molar-refractivity contribution in [1.82, 2.24) is 4.90 Å². The molecule has 0 amide bonds. The number of carboxylic acid groups (broad SMARTS) is 1. The van der Waals surface area contributed by atoms with Crippen molar-refractivity contribution in [2.45, 2.75) is 25.8 Å².